The predicted octanol–water partition coefficient (Wildman–Crippen LogP) is 2.84. The fourth-order valence-corrected chi connectivity index (χ4v) is 3.60. The van der Waals surface area contributed by atoms with Gasteiger partial charge >= 0.3 is 0 Å². The Bertz CT molecular complexity index is 1110. The van der Waals surface area contributed by atoms with Gasteiger partial charge in [-0.1, -0.05) is 12.1 Å². The van der Waals surface area contributed by atoms with Crippen LogP contribution in [0.4, 0.5) is 0 Å². The number of fused-ring (bicyclic) bond motifs is 1. The molecule has 0 unspecified atom stereocenters. The number of pyridine rings is 1. The second-order valence-electron chi connectivity index (χ2n) is 7.58. The molecule has 3 rings (SSSR count). The molecule has 1 aromatic carbocycles. The van der Waals surface area contributed by atoms with Crippen LogP contribution in [-0.2, 0) is 11.2 Å². The molecule has 32 heavy (non-hydrogen) atoms. The highest BCUT2D eigenvalue weighted by molar-refractivity contribution is 5.94. The molecule has 0 radical (unpaired) electrons. The molecule has 0 fully saturated rings. The number of rotatable bonds is 10. The summed E-state index contributed by atoms with van der Waals surface area (Å²) in [4.78, 5) is 29.2. The average molecular weight is 439 g/mol. The minimum atomic E-state index is -0.186. The number of amides is 2. The van der Waals surface area contributed by atoms with Gasteiger partial charge in [0, 0.05) is 25.7 Å². The van der Waals surface area contributed by atoms with E-state index in [9.17, 15) is 9.59 Å². The number of carbonyl (C=O) groups is 2. The van der Waals surface area contributed by atoms with E-state index >= 15 is 0 Å². The van der Waals surface area contributed by atoms with Gasteiger partial charge < -0.3 is 20.1 Å². The largest absolute Gasteiger partial charge is 0.493 e. The van der Waals surface area contributed by atoms with Crippen LogP contribution < -0.4 is 20.1 Å². The number of hydrogen-bond acceptors (Lipinski definition) is 5. The molecular weight excluding hydrogens is 408 g/mol. The third-order valence-corrected chi connectivity index (χ3v) is 5.28. The first-order chi connectivity index (χ1) is 15.4. The maximum Gasteiger partial charge on any atom is 0.270 e. The summed E-state index contributed by atoms with van der Waals surface area (Å²) in [7, 11) is 3.19. The fraction of sp³-hybridized carbons (Fsp3) is 0.375. The molecule has 0 aliphatic carbocycles. The molecule has 0 bridgehead atoms. The summed E-state index contributed by atoms with van der Waals surface area (Å²) in [5.41, 5.74) is 4.06. The van der Waals surface area contributed by atoms with Crippen LogP contribution in [0.15, 0.2) is 36.5 Å². The molecule has 0 atom stereocenters. The molecule has 170 valence electrons. The van der Waals surface area contributed by atoms with E-state index < -0.39 is 0 Å². The molecule has 3 aromatic rings. The van der Waals surface area contributed by atoms with E-state index in [1.54, 1.807) is 18.6 Å². The number of nitrogens with one attached hydrogen (secondary N) is 2. The highest BCUT2D eigenvalue weighted by Gasteiger charge is 2.17. The fourth-order valence-electron chi connectivity index (χ4n) is 3.60. The average Bonchev–Trinajstić information content (AvgIpc) is 3.13. The van der Waals surface area contributed by atoms with Crippen LogP contribution in [-0.4, -0.2) is 48.5 Å². The first-order valence-corrected chi connectivity index (χ1v) is 10.6. The predicted molar refractivity (Wildman–Crippen MR) is 122 cm³/mol. The molecule has 8 heteroatoms. The first-order valence-electron chi connectivity index (χ1n) is 10.6. The second-order valence-corrected chi connectivity index (χ2v) is 7.58. The van der Waals surface area contributed by atoms with E-state index in [2.05, 4.69) is 15.6 Å². The van der Waals surface area contributed by atoms with Gasteiger partial charge in [-0.25, -0.2) is 4.98 Å². The van der Waals surface area contributed by atoms with Crippen LogP contribution in [0.5, 0.6) is 11.5 Å². The van der Waals surface area contributed by atoms with Gasteiger partial charge in [0.25, 0.3) is 5.91 Å². The summed E-state index contributed by atoms with van der Waals surface area (Å²) in [6.07, 6.45) is 3.43. The summed E-state index contributed by atoms with van der Waals surface area (Å²) in [5.74, 6) is 1.12. The molecule has 0 spiro atoms. The number of imidazole rings is 1. The third kappa shape index (κ3) is 5.38. The number of aryl methyl sites for hydroxylation is 2. The van der Waals surface area contributed by atoms with E-state index in [4.69, 9.17) is 9.47 Å². The molecule has 0 saturated carbocycles. The second kappa shape index (κ2) is 10.7. The molecule has 0 aliphatic heterocycles. The van der Waals surface area contributed by atoms with Crippen molar-refractivity contribution in [3.8, 4) is 11.5 Å². The maximum atomic E-state index is 12.6. The van der Waals surface area contributed by atoms with Crippen molar-refractivity contribution in [1.82, 2.24) is 20.0 Å². The summed E-state index contributed by atoms with van der Waals surface area (Å²) in [6, 6.07) is 9.57. The van der Waals surface area contributed by atoms with E-state index in [1.807, 2.05) is 50.4 Å². The van der Waals surface area contributed by atoms with E-state index in [0.717, 1.165) is 16.8 Å². The lowest BCUT2D eigenvalue weighted by molar-refractivity contribution is -0.121. The Morgan fingerprint density at radius 2 is 1.81 bits per heavy atom. The van der Waals surface area contributed by atoms with Gasteiger partial charge in [-0.05, 0) is 56.0 Å². The van der Waals surface area contributed by atoms with Crippen molar-refractivity contribution in [2.75, 3.05) is 27.3 Å². The van der Waals surface area contributed by atoms with Gasteiger partial charge in [0.05, 0.1) is 19.9 Å². The highest BCUT2D eigenvalue weighted by atomic mass is 16.5. The number of hydrogen-bond donors (Lipinski definition) is 2. The topological polar surface area (TPSA) is 94.0 Å². The summed E-state index contributed by atoms with van der Waals surface area (Å²) >= 11 is 0. The Hall–Kier alpha value is -3.55. The Morgan fingerprint density at radius 3 is 2.56 bits per heavy atom. The molecule has 0 saturated heterocycles. The lowest BCUT2D eigenvalue weighted by atomic mass is 10.1. The van der Waals surface area contributed by atoms with Crippen LogP contribution in [0.2, 0.25) is 0 Å². The van der Waals surface area contributed by atoms with Gasteiger partial charge in [-0.3, -0.25) is 14.0 Å². The van der Waals surface area contributed by atoms with E-state index in [-0.39, 0.29) is 11.8 Å². The number of ether oxygens (including phenoxy) is 2. The SMILES string of the molecule is COc1ccc(CCNC(=O)CCCNC(=O)c2c(C)nc3c(C)cccn23)cc1OC. The lowest BCUT2D eigenvalue weighted by Gasteiger charge is -2.10. The van der Waals surface area contributed by atoms with Gasteiger partial charge in [-0.2, -0.15) is 0 Å². The third-order valence-electron chi connectivity index (χ3n) is 5.28. The Labute approximate surface area is 187 Å². The number of nitrogens with zero attached hydrogens (tertiary/aromatic N) is 2. The highest BCUT2D eigenvalue weighted by Crippen LogP contribution is 2.27. The number of benzene rings is 1. The molecular formula is C24H30N4O4. The summed E-state index contributed by atoms with van der Waals surface area (Å²) in [6.45, 7) is 4.74. The van der Waals surface area contributed by atoms with Crippen LogP contribution in [0.3, 0.4) is 0 Å². The Morgan fingerprint density at radius 1 is 1.03 bits per heavy atom. The molecule has 2 aromatic heterocycles. The van der Waals surface area contributed by atoms with E-state index in [1.165, 1.54) is 0 Å². The van der Waals surface area contributed by atoms with Gasteiger partial charge in [0.15, 0.2) is 11.5 Å². The number of methoxy groups -OCH3 is 2. The van der Waals surface area contributed by atoms with Crippen molar-refractivity contribution in [3.63, 3.8) is 0 Å². The van der Waals surface area contributed by atoms with Crippen molar-refractivity contribution in [2.24, 2.45) is 0 Å². The molecule has 8 nitrogen and oxygen atoms in total. The zero-order valence-corrected chi connectivity index (χ0v) is 19.0. The lowest BCUT2D eigenvalue weighted by Crippen LogP contribution is -2.29. The quantitative estimate of drug-likeness (QED) is 0.475. The Kier molecular flexibility index (Phi) is 7.70. The molecule has 2 N–H and O–H groups in total. The standard InChI is InChI=1S/C24H30N4O4/c1-16-7-6-14-28-22(17(2)27-23(16)28)24(30)26-12-5-8-21(29)25-13-11-18-9-10-19(31-3)20(15-18)32-4/h6-7,9-10,14-15H,5,8,11-13H2,1-4H3,(H,25,29)(H,26,30). The number of carbonyl (C=O) groups excluding carboxylic acids is 2. The van der Waals surface area contributed by atoms with E-state index in [0.29, 0.717) is 55.2 Å². The maximum absolute atomic E-state index is 12.6. The van der Waals surface area contributed by atoms with Crippen molar-refractivity contribution >= 4 is 17.5 Å². The zero-order valence-electron chi connectivity index (χ0n) is 19.0. The monoisotopic (exact) mass is 438 g/mol. The summed E-state index contributed by atoms with van der Waals surface area (Å²) < 4.78 is 12.3. The smallest absolute Gasteiger partial charge is 0.270 e. The normalized spacial score (nSPS) is 10.8. The summed E-state index contributed by atoms with van der Waals surface area (Å²) in [5, 5.41) is 5.81. The minimum absolute atomic E-state index is 0.0404. The van der Waals surface area contributed by atoms with Crippen LogP contribution in [0.1, 0.15) is 40.2 Å². The van der Waals surface area contributed by atoms with Crippen LogP contribution in [0.25, 0.3) is 5.65 Å². The molecule has 0 aliphatic rings. The van der Waals surface area contributed by atoms with Gasteiger partial charge in [0.2, 0.25) is 5.91 Å². The van der Waals surface area contributed by atoms with Crippen molar-refractivity contribution < 1.29 is 19.1 Å². The van der Waals surface area contributed by atoms with Crippen LogP contribution in [0, 0.1) is 13.8 Å². The van der Waals surface area contributed by atoms with Gasteiger partial charge in [-0.15, -0.1) is 0 Å². The number of aromatic nitrogens is 2. The minimum Gasteiger partial charge on any atom is -0.493 e. The molecule has 2 heterocycles. The van der Waals surface area contributed by atoms with Crippen molar-refractivity contribution in [3.05, 3.63) is 59.0 Å². The first kappa shape index (κ1) is 23.1. The molecule has 2 amide bonds. The van der Waals surface area contributed by atoms with Crippen LogP contribution >= 0.6 is 0 Å². The zero-order chi connectivity index (χ0) is 23.1. The Balaban J connectivity index is 1.41. The van der Waals surface area contributed by atoms with Crippen molar-refractivity contribution in [2.45, 2.75) is 33.1 Å². The van der Waals surface area contributed by atoms with Crippen molar-refractivity contribution in [1.29, 1.82) is 0 Å². The van der Waals surface area contributed by atoms with Gasteiger partial charge in [0.1, 0.15) is 11.3 Å².